The molecule has 0 bridgehead atoms. The van der Waals surface area contributed by atoms with Crippen LogP contribution in [0.25, 0.3) is 0 Å². The van der Waals surface area contributed by atoms with E-state index in [0.717, 1.165) is 4.90 Å². The molecular formula is C13H24Cl3N2O2+. The second-order valence-corrected chi connectivity index (χ2v) is 8.33. The highest BCUT2D eigenvalue weighted by molar-refractivity contribution is 6.68. The number of carbonyl (C=O) groups excluding carboxylic acids is 1. The van der Waals surface area contributed by atoms with E-state index in [1.165, 1.54) is 0 Å². The predicted molar refractivity (Wildman–Crippen MR) is 82.4 cm³/mol. The number of ether oxygens (including phenoxy) is 1. The number of halogens is 3. The molecule has 0 aromatic rings. The number of morpholine rings is 1. The van der Waals surface area contributed by atoms with Crippen molar-refractivity contribution in [2.24, 2.45) is 5.92 Å². The minimum Gasteiger partial charge on any atom is -0.364 e. The Labute approximate surface area is 136 Å². The smallest absolute Gasteiger partial charge is 0.262 e. The highest BCUT2D eigenvalue weighted by Gasteiger charge is 2.44. The summed E-state index contributed by atoms with van der Waals surface area (Å²) < 4.78 is 4.14. The zero-order chi connectivity index (χ0) is 15.5. The molecule has 0 radical (unpaired) electrons. The van der Waals surface area contributed by atoms with Crippen LogP contribution in [-0.4, -0.2) is 41.2 Å². The number of amides is 1. The van der Waals surface area contributed by atoms with Gasteiger partial charge in [-0.15, -0.1) is 0 Å². The summed E-state index contributed by atoms with van der Waals surface area (Å²) in [7, 11) is 0. The molecular weight excluding hydrogens is 323 g/mol. The van der Waals surface area contributed by atoms with E-state index in [2.05, 4.69) is 5.32 Å². The van der Waals surface area contributed by atoms with Crippen molar-refractivity contribution in [2.75, 3.05) is 13.1 Å². The summed E-state index contributed by atoms with van der Waals surface area (Å²) in [5.74, 6) is 0.180. The standard InChI is InChI=1S/C13H23Cl3N2O2/c1-8(2)5-11(19)17-12(13(14,15)16)18-6-9(3)20-10(4)7-18/h8-10,12H,5-7H2,1-4H3,(H,17,19)/p+1/t9-,10-,12+/m0/s1. The molecule has 0 unspecified atom stereocenters. The zero-order valence-electron chi connectivity index (χ0n) is 12.4. The summed E-state index contributed by atoms with van der Waals surface area (Å²) in [4.78, 5) is 13.0. The van der Waals surface area contributed by atoms with E-state index in [9.17, 15) is 4.79 Å². The van der Waals surface area contributed by atoms with Gasteiger partial charge in [0, 0.05) is 6.42 Å². The van der Waals surface area contributed by atoms with Crippen molar-refractivity contribution >= 4 is 40.7 Å². The van der Waals surface area contributed by atoms with Crippen LogP contribution in [0.2, 0.25) is 0 Å². The third-order valence-corrected chi connectivity index (χ3v) is 3.85. The Morgan fingerprint density at radius 1 is 1.30 bits per heavy atom. The molecule has 1 rings (SSSR count). The molecule has 1 saturated heterocycles. The van der Waals surface area contributed by atoms with E-state index in [1.807, 2.05) is 27.7 Å². The monoisotopic (exact) mass is 345 g/mol. The van der Waals surface area contributed by atoms with Gasteiger partial charge < -0.3 is 15.0 Å². The Balaban J connectivity index is 2.76. The molecule has 4 nitrogen and oxygen atoms in total. The summed E-state index contributed by atoms with van der Waals surface area (Å²) in [6.07, 6.45) is 0.00956. The first-order valence-electron chi connectivity index (χ1n) is 6.95. The average Bonchev–Trinajstić information content (AvgIpc) is 2.21. The summed E-state index contributed by atoms with van der Waals surface area (Å²) in [6.45, 7) is 9.34. The first-order valence-corrected chi connectivity index (χ1v) is 8.09. The molecule has 3 atom stereocenters. The average molecular weight is 347 g/mol. The van der Waals surface area contributed by atoms with Crippen LogP contribution in [0.5, 0.6) is 0 Å². The predicted octanol–water partition coefficient (Wildman–Crippen LogP) is 1.54. The van der Waals surface area contributed by atoms with Gasteiger partial charge in [-0.1, -0.05) is 48.7 Å². The van der Waals surface area contributed by atoms with Crippen molar-refractivity contribution in [1.29, 1.82) is 0 Å². The van der Waals surface area contributed by atoms with Crippen molar-refractivity contribution in [2.45, 2.75) is 56.3 Å². The summed E-state index contributed by atoms with van der Waals surface area (Å²) in [5.41, 5.74) is 0. The van der Waals surface area contributed by atoms with Crippen LogP contribution in [0, 0.1) is 5.92 Å². The maximum Gasteiger partial charge on any atom is 0.262 e. The van der Waals surface area contributed by atoms with E-state index >= 15 is 0 Å². The van der Waals surface area contributed by atoms with Crippen LogP contribution in [0.15, 0.2) is 0 Å². The molecule has 1 amide bonds. The molecule has 118 valence electrons. The fraction of sp³-hybridized carbons (Fsp3) is 0.923. The van der Waals surface area contributed by atoms with Crippen LogP contribution in [-0.2, 0) is 9.53 Å². The Morgan fingerprint density at radius 3 is 2.20 bits per heavy atom. The first kappa shape index (κ1) is 18.3. The highest BCUT2D eigenvalue weighted by atomic mass is 35.6. The van der Waals surface area contributed by atoms with Crippen LogP contribution in [0.1, 0.15) is 34.1 Å². The van der Waals surface area contributed by atoms with Gasteiger partial charge in [-0.05, 0) is 19.8 Å². The first-order chi connectivity index (χ1) is 9.09. The molecule has 7 heteroatoms. The molecule has 0 spiro atoms. The minimum absolute atomic E-state index is 0.0746. The third-order valence-electron chi connectivity index (χ3n) is 3.20. The number of rotatable bonds is 4. The SMILES string of the molecule is CC(C)CC(=O)N[C@H]([NH+]1C[C@H](C)O[C@@H](C)C1)C(Cl)(Cl)Cl. The van der Waals surface area contributed by atoms with E-state index in [-0.39, 0.29) is 24.0 Å². The lowest BCUT2D eigenvalue weighted by molar-refractivity contribution is -0.941. The van der Waals surface area contributed by atoms with Crippen LogP contribution in [0.3, 0.4) is 0 Å². The number of hydrogen-bond donors (Lipinski definition) is 2. The van der Waals surface area contributed by atoms with Gasteiger partial charge in [0.2, 0.25) is 12.1 Å². The van der Waals surface area contributed by atoms with Crippen molar-refractivity contribution in [1.82, 2.24) is 5.32 Å². The topological polar surface area (TPSA) is 42.8 Å². The lowest BCUT2D eigenvalue weighted by atomic mass is 10.1. The zero-order valence-corrected chi connectivity index (χ0v) is 14.6. The van der Waals surface area contributed by atoms with E-state index < -0.39 is 9.96 Å². The van der Waals surface area contributed by atoms with Gasteiger partial charge in [0.15, 0.2) is 0 Å². The van der Waals surface area contributed by atoms with Gasteiger partial charge >= 0.3 is 0 Å². The Hall–Kier alpha value is 0.260. The molecule has 20 heavy (non-hydrogen) atoms. The normalized spacial score (nSPS) is 29.3. The van der Waals surface area contributed by atoms with Gasteiger partial charge in [-0.25, -0.2) is 0 Å². The van der Waals surface area contributed by atoms with Gasteiger partial charge in [0.1, 0.15) is 25.3 Å². The molecule has 0 saturated carbocycles. The Morgan fingerprint density at radius 2 is 1.80 bits per heavy atom. The van der Waals surface area contributed by atoms with Crippen molar-refractivity contribution in [3.8, 4) is 0 Å². The quantitative estimate of drug-likeness (QED) is 0.758. The van der Waals surface area contributed by atoms with Crippen LogP contribution < -0.4 is 10.2 Å². The number of alkyl halides is 3. The molecule has 1 aliphatic heterocycles. The maximum absolute atomic E-state index is 12.0. The molecule has 0 aromatic heterocycles. The molecule has 1 fully saturated rings. The third kappa shape index (κ3) is 5.94. The van der Waals surface area contributed by atoms with Crippen LogP contribution in [0.4, 0.5) is 0 Å². The van der Waals surface area contributed by atoms with Crippen LogP contribution >= 0.6 is 34.8 Å². The highest BCUT2D eigenvalue weighted by Crippen LogP contribution is 2.28. The fourth-order valence-corrected chi connectivity index (χ4v) is 3.18. The summed E-state index contributed by atoms with van der Waals surface area (Å²) in [6, 6.07) is 0. The largest absolute Gasteiger partial charge is 0.364 e. The molecule has 0 aliphatic carbocycles. The van der Waals surface area contributed by atoms with Gasteiger partial charge in [-0.3, -0.25) is 4.79 Å². The van der Waals surface area contributed by atoms with E-state index in [1.54, 1.807) is 0 Å². The number of carbonyl (C=O) groups is 1. The molecule has 0 aromatic carbocycles. The van der Waals surface area contributed by atoms with Crippen molar-refractivity contribution in [3.63, 3.8) is 0 Å². The maximum atomic E-state index is 12.0. The Bertz CT molecular complexity index is 324. The number of hydrogen-bond acceptors (Lipinski definition) is 2. The lowest BCUT2D eigenvalue weighted by Crippen LogP contribution is -3.22. The van der Waals surface area contributed by atoms with Crippen molar-refractivity contribution < 1.29 is 14.4 Å². The summed E-state index contributed by atoms with van der Waals surface area (Å²) >= 11 is 18.2. The summed E-state index contributed by atoms with van der Waals surface area (Å²) in [5, 5.41) is 2.87. The second-order valence-electron chi connectivity index (χ2n) is 5.96. The van der Waals surface area contributed by atoms with E-state index in [0.29, 0.717) is 19.5 Å². The second kappa shape index (κ2) is 7.50. The van der Waals surface area contributed by atoms with Gasteiger partial charge in [-0.2, -0.15) is 0 Å². The minimum atomic E-state index is -1.54. The van der Waals surface area contributed by atoms with Gasteiger partial charge in [0.05, 0.1) is 0 Å². The molecule has 1 heterocycles. The fourth-order valence-electron chi connectivity index (χ4n) is 2.56. The number of nitrogens with one attached hydrogen (secondary N) is 2. The van der Waals surface area contributed by atoms with Crippen molar-refractivity contribution in [3.05, 3.63) is 0 Å². The number of quaternary nitrogens is 1. The van der Waals surface area contributed by atoms with E-state index in [4.69, 9.17) is 39.5 Å². The lowest BCUT2D eigenvalue weighted by Gasteiger charge is -2.39. The molecule has 2 N–H and O–H groups in total. The Kier molecular flexibility index (Phi) is 6.87. The van der Waals surface area contributed by atoms with Gasteiger partial charge in [0.25, 0.3) is 3.79 Å². The molecule has 1 aliphatic rings.